The van der Waals surface area contributed by atoms with Crippen LogP contribution in [0.3, 0.4) is 0 Å². The standard InChI is InChI=1S/C41H37F2NO3/c1-25-19-35(42)36(43)22-33(25)41(46-24-45)31-17-15-29(21-38(31)47-39-30-12-8-7-11-27(30)13-16-32(39)41)44-23-40(2,3)34-20-28(14-18-37(34)44)26-9-5-4-6-10-26/h7-8,11-22,24,26H,4-6,9-10,23H2,1-3H3. The number of nitrogens with zero attached hydrogens (tertiary/aromatic N) is 1. The molecular weight excluding hydrogens is 592 g/mol. The van der Waals surface area contributed by atoms with Crippen LogP contribution in [0.25, 0.3) is 10.8 Å². The van der Waals surface area contributed by atoms with Gasteiger partial charge in [-0.25, -0.2) is 8.78 Å². The van der Waals surface area contributed by atoms with E-state index in [1.165, 1.54) is 48.9 Å². The molecule has 0 bridgehead atoms. The van der Waals surface area contributed by atoms with E-state index >= 15 is 4.39 Å². The molecule has 5 aromatic rings. The van der Waals surface area contributed by atoms with Crippen LogP contribution in [0.2, 0.25) is 0 Å². The maximum absolute atomic E-state index is 15.0. The lowest BCUT2D eigenvalue weighted by atomic mass is 9.75. The van der Waals surface area contributed by atoms with Gasteiger partial charge >= 0.3 is 0 Å². The second kappa shape index (κ2) is 10.9. The van der Waals surface area contributed by atoms with Gasteiger partial charge in [0.1, 0.15) is 11.5 Å². The van der Waals surface area contributed by atoms with Crippen molar-refractivity contribution in [3.8, 4) is 11.5 Å². The summed E-state index contributed by atoms with van der Waals surface area (Å²) in [6, 6.07) is 26.8. The Morgan fingerprint density at radius 3 is 2.40 bits per heavy atom. The van der Waals surface area contributed by atoms with Crippen LogP contribution in [0, 0.1) is 18.6 Å². The molecule has 3 aliphatic rings. The first-order valence-electron chi connectivity index (χ1n) is 16.6. The van der Waals surface area contributed by atoms with Crippen molar-refractivity contribution < 1.29 is 23.0 Å². The van der Waals surface area contributed by atoms with E-state index in [2.05, 4.69) is 36.9 Å². The Bertz CT molecular complexity index is 2060. The summed E-state index contributed by atoms with van der Waals surface area (Å²) in [6.45, 7) is 7.45. The molecule has 1 fully saturated rings. The van der Waals surface area contributed by atoms with Gasteiger partial charge in [0, 0.05) is 51.5 Å². The fraction of sp³-hybridized carbons (Fsp3) is 0.293. The first-order valence-corrected chi connectivity index (χ1v) is 16.6. The summed E-state index contributed by atoms with van der Waals surface area (Å²) in [5.41, 5.74) is 5.09. The van der Waals surface area contributed by atoms with E-state index in [1.807, 2.05) is 54.6 Å². The van der Waals surface area contributed by atoms with Gasteiger partial charge in [-0.2, -0.15) is 0 Å². The first-order chi connectivity index (χ1) is 22.7. The summed E-state index contributed by atoms with van der Waals surface area (Å²) in [6.07, 6.45) is 6.43. The second-order valence-electron chi connectivity index (χ2n) is 14.0. The third kappa shape index (κ3) is 4.56. The summed E-state index contributed by atoms with van der Waals surface area (Å²) in [5, 5.41) is 1.76. The van der Waals surface area contributed by atoms with Crippen molar-refractivity contribution in [2.45, 2.75) is 69.8 Å². The van der Waals surface area contributed by atoms with E-state index in [4.69, 9.17) is 9.47 Å². The van der Waals surface area contributed by atoms with E-state index in [0.29, 0.717) is 46.1 Å². The van der Waals surface area contributed by atoms with Gasteiger partial charge in [0.15, 0.2) is 17.2 Å². The normalized spacial score (nSPS) is 19.9. The largest absolute Gasteiger partial charge is 0.456 e. The zero-order valence-corrected chi connectivity index (χ0v) is 26.9. The number of halogens is 2. The highest BCUT2D eigenvalue weighted by atomic mass is 19.2. The van der Waals surface area contributed by atoms with Gasteiger partial charge in [0.25, 0.3) is 6.47 Å². The maximum atomic E-state index is 15.0. The predicted molar refractivity (Wildman–Crippen MR) is 181 cm³/mol. The SMILES string of the molecule is Cc1cc(F)c(F)cc1C1(OC=O)c2ccc(N3CC(C)(C)c4cc(C5CCCCC5)ccc43)cc2Oc2c1ccc1ccccc21. The topological polar surface area (TPSA) is 38.8 Å². The van der Waals surface area contributed by atoms with Crippen molar-refractivity contribution in [2.24, 2.45) is 0 Å². The zero-order chi connectivity index (χ0) is 32.5. The molecule has 2 heterocycles. The molecule has 1 atom stereocenters. The van der Waals surface area contributed by atoms with E-state index in [1.54, 1.807) is 6.92 Å². The van der Waals surface area contributed by atoms with Crippen molar-refractivity contribution in [3.63, 3.8) is 0 Å². The maximum Gasteiger partial charge on any atom is 0.294 e. The van der Waals surface area contributed by atoms with Gasteiger partial charge < -0.3 is 14.4 Å². The molecule has 1 aliphatic carbocycles. The summed E-state index contributed by atoms with van der Waals surface area (Å²) in [4.78, 5) is 14.7. The number of hydrogen-bond donors (Lipinski definition) is 0. The molecule has 0 amide bonds. The molecule has 0 spiro atoms. The minimum absolute atomic E-state index is 0.0767. The van der Waals surface area contributed by atoms with Crippen molar-refractivity contribution >= 4 is 28.6 Å². The third-order valence-electron chi connectivity index (χ3n) is 10.7. The van der Waals surface area contributed by atoms with Gasteiger partial charge in [0.2, 0.25) is 0 Å². The molecule has 4 nitrogen and oxygen atoms in total. The molecular formula is C41H37F2NO3. The Morgan fingerprint density at radius 2 is 1.60 bits per heavy atom. The summed E-state index contributed by atoms with van der Waals surface area (Å²) in [5.74, 6) is -0.358. The van der Waals surface area contributed by atoms with Crippen molar-refractivity contribution in [2.75, 3.05) is 11.4 Å². The molecule has 238 valence electrons. The number of fused-ring (bicyclic) bond motifs is 5. The monoisotopic (exact) mass is 629 g/mol. The first kappa shape index (κ1) is 29.7. The zero-order valence-electron chi connectivity index (χ0n) is 26.9. The Balaban J connectivity index is 1.31. The molecule has 5 aromatic carbocycles. The van der Waals surface area contributed by atoms with E-state index in [0.717, 1.165) is 35.1 Å². The minimum Gasteiger partial charge on any atom is -0.456 e. The smallest absolute Gasteiger partial charge is 0.294 e. The fourth-order valence-electron chi connectivity index (χ4n) is 8.33. The van der Waals surface area contributed by atoms with Crippen molar-refractivity contribution in [1.29, 1.82) is 0 Å². The molecule has 8 rings (SSSR count). The van der Waals surface area contributed by atoms with Gasteiger partial charge in [-0.05, 0) is 84.2 Å². The number of benzene rings is 5. The van der Waals surface area contributed by atoms with Crippen LogP contribution in [-0.4, -0.2) is 13.0 Å². The van der Waals surface area contributed by atoms with Crippen LogP contribution >= 0.6 is 0 Å². The molecule has 0 saturated heterocycles. The summed E-state index contributed by atoms with van der Waals surface area (Å²) >= 11 is 0. The number of anilines is 2. The highest BCUT2D eigenvalue weighted by Crippen LogP contribution is 2.56. The molecule has 0 N–H and O–H groups in total. The summed E-state index contributed by atoms with van der Waals surface area (Å²) in [7, 11) is 0. The molecule has 6 heteroatoms. The van der Waals surface area contributed by atoms with Crippen LogP contribution in [0.15, 0.2) is 84.9 Å². The lowest BCUT2D eigenvalue weighted by molar-refractivity contribution is -0.137. The number of ether oxygens (including phenoxy) is 2. The van der Waals surface area contributed by atoms with Crippen molar-refractivity contribution in [1.82, 2.24) is 0 Å². The number of aryl methyl sites for hydroxylation is 1. The van der Waals surface area contributed by atoms with E-state index < -0.39 is 17.2 Å². The quantitative estimate of drug-likeness (QED) is 0.181. The van der Waals surface area contributed by atoms with E-state index in [-0.39, 0.29) is 5.41 Å². The van der Waals surface area contributed by atoms with Gasteiger partial charge in [-0.3, -0.25) is 4.79 Å². The number of carbonyl (C=O) groups is 1. The van der Waals surface area contributed by atoms with E-state index in [9.17, 15) is 9.18 Å². The van der Waals surface area contributed by atoms with Crippen LogP contribution in [0.4, 0.5) is 20.2 Å². The number of carbonyl (C=O) groups excluding carboxylic acids is 1. The Hall–Kier alpha value is -4.71. The number of hydrogen-bond acceptors (Lipinski definition) is 4. The Labute approximate surface area is 273 Å². The van der Waals surface area contributed by atoms with Crippen LogP contribution in [-0.2, 0) is 20.5 Å². The Morgan fingerprint density at radius 1 is 0.830 bits per heavy atom. The highest BCUT2D eigenvalue weighted by molar-refractivity contribution is 5.92. The van der Waals surface area contributed by atoms with Crippen LogP contribution in [0.5, 0.6) is 11.5 Å². The van der Waals surface area contributed by atoms with Crippen LogP contribution in [0.1, 0.15) is 85.3 Å². The average molecular weight is 630 g/mol. The molecule has 1 unspecified atom stereocenters. The van der Waals surface area contributed by atoms with Crippen molar-refractivity contribution in [3.05, 3.63) is 130 Å². The van der Waals surface area contributed by atoms with Gasteiger partial charge in [-0.15, -0.1) is 0 Å². The number of rotatable bonds is 5. The van der Waals surface area contributed by atoms with Gasteiger partial charge in [0.05, 0.1) is 0 Å². The third-order valence-corrected chi connectivity index (χ3v) is 10.7. The lowest BCUT2D eigenvalue weighted by Gasteiger charge is -2.40. The minimum atomic E-state index is -1.58. The average Bonchev–Trinajstić information content (AvgIpc) is 3.36. The predicted octanol–water partition coefficient (Wildman–Crippen LogP) is 10.5. The molecule has 2 aliphatic heterocycles. The fourth-order valence-corrected chi connectivity index (χ4v) is 8.33. The van der Waals surface area contributed by atoms with Gasteiger partial charge in [-0.1, -0.05) is 75.6 Å². The Kier molecular flexibility index (Phi) is 6.90. The van der Waals surface area contributed by atoms with Crippen LogP contribution < -0.4 is 9.64 Å². The highest BCUT2D eigenvalue weighted by Gasteiger charge is 2.48. The molecule has 47 heavy (non-hydrogen) atoms. The molecule has 0 radical (unpaired) electrons. The second-order valence-corrected chi connectivity index (χ2v) is 14.0. The molecule has 0 aromatic heterocycles. The summed E-state index contributed by atoms with van der Waals surface area (Å²) < 4.78 is 42.3. The molecule has 1 saturated carbocycles. The lowest BCUT2D eigenvalue weighted by Crippen LogP contribution is -2.36.